The molecular formula is C9H8F3N3S. The second-order valence-corrected chi connectivity index (χ2v) is 4.01. The number of anilines is 1. The Bertz CT molecular complexity index is 400. The maximum Gasteiger partial charge on any atom is 0.405 e. The van der Waals surface area contributed by atoms with Crippen LogP contribution in [0, 0.1) is 17.2 Å². The Hall–Kier alpha value is -1.42. The number of pyridine rings is 1. The lowest BCUT2D eigenvalue weighted by Gasteiger charge is -2.12. The van der Waals surface area contributed by atoms with Crippen LogP contribution in [0.5, 0.6) is 0 Å². The van der Waals surface area contributed by atoms with Crippen LogP contribution in [0.3, 0.4) is 0 Å². The highest BCUT2D eigenvalue weighted by Crippen LogP contribution is 2.32. The molecule has 1 unspecified atom stereocenters. The quantitative estimate of drug-likeness (QED) is 0.833. The average molecular weight is 247 g/mol. The van der Waals surface area contributed by atoms with Crippen molar-refractivity contribution in [3.05, 3.63) is 18.5 Å². The topological polar surface area (TPSA) is 62.7 Å². The van der Waals surface area contributed by atoms with Gasteiger partial charge in [0.1, 0.15) is 0 Å². The highest BCUT2D eigenvalue weighted by Gasteiger charge is 2.39. The van der Waals surface area contributed by atoms with Gasteiger partial charge in [-0.3, -0.25) is 4.98 Å². The molecule has 1 aromatic heterocycles. The van der Waals surface area contributed by atoms with Crippen LogP contribution in [-0.4, -0.2) is 16.9 Å². The van der Waals surface area contributed by atoms with Gasteiger partial charge >= 0.3 is 6.18 Å². The number of nitrogens with zero attached hydrogens (tertiary/aromatic N) is 2. The van der Waals surface area contributed by atoms with Crippen LogP contribution in [0.4, 0.5) is 18.9 Å². The van der Waals surface area contributed by atoms with Gasteiger partial charge in [0.05, 0.1) is 18.0 Å². The van der Waals surface area contributed by atoms with Crippen LogP contribution in [-0.2, 0) is 0 Å². The minimum atomic E-state index is -4.50. The van der Waals surface area contributed by atoms with E-state index in [9.17, 15) is 13.2 Å². The predicted octanol–water partition coefficient (Wildman–Crippen LogP) is 2.46. The Morgan fingerprint density at radius 1 is 1.56 bits per heavy atom. The molecule has 0 saturated heterocycles. The van der Waals surface area contributed by atoms with Crippen LogP contribution in [0.15, 0.2) is 23.4 Å². The van der Waals surface area contributed by atoms with Crippen molar-refractivity contribution in [3.63, 3.8) is 0 Å². The second-order valence-electron chi connectivity index (χ2n) is 2.95. The first kappa shape index (κ1) is 12.6. The maximum absolute atomic E-state index is 12.2. The molecule has 2 N–H and O–H groups in total. The molecule has 0 bridgehead atoms. The van der Waals surface area contributed by atoms with Crippen LogP contribution in [0.1, 0.15) is 0 Å². The Labute approximate surface area is 94.5 Å². The molecule has 0 saturated carbocycles. The molecule has 1 rings (SSSR count). The minimum Gasteiger partial charge on any atom is -0.397 e. The smallest absolute Gasteiger partial charge is 0.397 e. The predicted molar refractivity (Wildman–Crippen MR) is 54.5 cm³/mol. The molecule has 0 aliphatic rings. The fourth-order valence-electron chi connectivity index (χ4n) is 0.903. The first-order valence-electron chi connectivity index (χ1n) is 4.23. The van der Waals surface area contributed by atoms with Gasteiger partial charge in [-0.15, -0.1) is 11.8 Å². The SMILES string of the molecule is N#CC(CSc1ccncc1N)C(F)(F)F. The number of nitrogen functional groups attached to an aromatic ring is 1. The Kier molecular flexibility index (Phi) is 4.01. The number of nitrogens with two attached hydrogens (primary N) is 1. The minimum absolute atomic E-state index is 0.311. The molecule has 0 aliphatic heterocycles. The fourth-order valence-corrected chi connectivity index (χ4v) is 1.89. The Morgan fingerprint density at radius 2 is 2.25 bits per heavy atom. The number of thioether (sulfide) groups is 1. The van der Waals surface area contributed by atoms with Gasteiger partial charge in [0.15, 0.2) is 5.92 Å². The summed E-state index contributed by atoms with van der Waals surface area (Å²) in [5.41, 5.74) is 5.82. The van der Waals surface area contributed by atoms with Gasteiger partial charge in [-0.1, -0.05) is 0 Å². The zero-order valence-corrected chi connectivity index (χ0v) is 8.85. The van der Waals surface area contributed by atoms with E-state index < -0.39 is 12.1 Å². The molecule has 16 heavy (non-hydrogen) atoms. The standard InChI is InChI=1S/C9H8F3N3S/c10-9(11,12)6(3-13)5-16-8-1-2-15-4-7(8)14/h1-2,4,6H,5,14H2. The van der Waals surface area contributed by atoms with Gasteiger partial charge in [0.2, 0.25) is 0 Å². The third-order valence-electron chi connectivity index (χ3n) is 1.77. The van der Waals surface area contributed by atoms with E-state index in [0.29, 0.717) is 10.6 Å². The molecule has 3 nitrogen and oxygen atoms in total. The van der Waals surface area contributed by atoms with E-state index in [1.807, 2.05) is 0 Å². The van der Waals surface area contributed by atoms with Crippen LogP contribution in [0.2, 0.25) is 0 Å². The van der Waals surface area contributed by atoms with E-state index in [-0.39, 0.29) is 5.75 Å². The van der Waals surface area contributed by atoms with Crippen molar-refractivity contribution in [2.45, 2.75) is 11.1 Å². The van der Waals surface area contributed by atoms with Crippen molar-refractivity contribution in [1.82, 2.24) is 4.98 Å². The van der Waals surface area contributed by atoms with E-state index in [0.717, 1.165) is 11.8 Å². The van der Waals surface area contributed by atoms with Crippen LogP contribution >= 0.6 is 11.8 Å². The second kappa shape index (κ2) is 5.07. The highest BCUT2D eigenvalue weighted by molar-refractivity contribution is 7.99. The first-order chi connectivity index (χ1) is 7.45. The van der Waals surface area contributed by atoms with Crippen molar-refractivity contribution in [2.75, 3.05) is 11.5 Å². The lowest BCUT2D eigenvalue weighted by molar-refractivity contribution is -0.152. The van der Waals surface area contributed by atoms with Gasteiger partial charge < -0.3 is 5.73 Å². The summed E-state index contributed by atoms with van der Waals surface area (Å²) in [6, 6.07) is 2.75. The summed E-state index contributed by atoms with van der Waals surface area (Å²) in [5.74, 6) is -2.35. The number of halogens is 3. The maximum atomic E-state index is 12.2. The van der Waals surface area contributed by atoms with Crippen LogP contribution < -0.4 is 5.73 Å². The summed E-state index contributed by atoms with van der Waals surface area (Å²) in [5, 5.41) is 8.38. The summed E-state index contributed by atoms with van der Waals surface area (Å²) in [6.07, 6.45) is -1.70. The number of aromatic nitrogens is 1. The van der Waals surface area contributed by atoms with Gasteiger partial charge in [0.25, 0.3) is 0 Å². The molecule has 1 aromatic rings. The van der Waals surface area contributed by atoms with E-state index in [1.165, 1.54) is 24.5 Å². The zero-order chi connectivity index (χ0) is 12.2. The summed E-state index contributed by atoms with van der Waals surface area (Å²) in [6.45, 7) is 0. The molecule has 0 radical (unpaired) electrons. The summed E-state index contributed by atoms with van der Waals surface area (Å²) >= 11 is 0.899. The number of alkyl halides is 3. The fraction of sp³-hybridized carbons (Fsp3) is 0.333. The molecule has 86 valence electrons. The monoisotopic (exact) mass is 247 g/mol. The van der Waals surface area contributed by atoms with Crippen molar-refractivity contribution < 1.29 is 13.2 Å². The molecule has 0 aliphatic carbocycles. The summed E-state index contributed by atoms with van der Waals surface area (Å²) < 4.78 is 36.7. The van der Waals surface area contributed by atoms with E-state index in [4.69, 9.17) is 11.0 Å². The first-order valence-corrected chi connectivity index (χ1v) is 5.22. The number of hydrogen-bond acceptors (Lipinski definition) is 4. The van der Waals surface area contributed by atoms with Crippen molar-refractivity contribution in [1.29, 1.82) is 5.26 Å². The normalized spacial score (nSPS) is 13.1. The number of hydrogen-bond donors (Lipinski definition) is 1. The Morgan fingerprint density at radius 3 is 2.75 bits per heavy atom. The van der Waals surface area contributed by atoms with Gasteiger partial charge in [-0.05, 0) is 6.07 Å². The molecule has 0 aromatic carbocycles. The van der Waals surface area contributed by atoms with E-state index >= 15 is 0 Å². The molecule has 1 heterocycles. The van der Waals surface area contributed by atoms with Crippen molar-refractivity contribution in [3.8, 4) is 6.07 Å². The average Bonchev–Trinajstić information content (AvgIpc) is 2.19. The molecule has 0 amide bonds. The zero-order valence-electron chi connectivity index (χ0n) is 8.03. The third kappa shape index (κ3) is 3.31. The van der Waals surface area contributed by atoms with Gasteiger partial charge in [-0.25, -0.2) is 0 Å². The van der Waals surface area contributed by atoms with Crippen molar-refractivity contribution >= 4 is 17.4 Å². The summed E-state index contributed by atoms with van der Waals surface area (Å²) in [7, 11) is 0. The third-order valence-corrected chi connectivity index (χ3v) is 2.95. The number of nitriles is 1. The van der Waals surface area contributed by atoms with E-state index in [2.05, 4.69) is 4.98 Å². The van der Waals surface area contributed by atoms with Gasteiger partial charge in [-0.2, -0.15) is 18.4 Å². The summed E-state index contributed by atoms with van der Waals surface area (Å²) in [4.78, 5) is 4.21. The molecule has 0 spiro atoms. The lowest BCUT2D eigenvalue weighted by Crippen LogP contribution is -2.23. The van der Waals surface area contributed by atoms with E-state index in [1.54, 1.807) is 0 Å². The highest BCUT2D eigenvalue weighted by atomic mass is 32.2. The lowest BCUT2D eigenvalue weighted by atomic mass is 10.2. The van der Waals surface area contributed by atoms with Crippen LogP contribution in [0.25, 0.3) is 0 Å². The molecular weight excluding hydrogens is 239 g/mol. The number of rotatable bonds is 3. The Balaban J connectivity index is 2.65. The molecule has 7 heteroatoms. The van der Waals surface area contributed by atoms with Gasteiger partial charge in [0, 0.05) is 16.8 Å². The van der Waals surface area contributed by atoms with Crippen molar-refractivity contribution in [2.24, 2.45) is 5.92 Å². The molecule has 0 fully saturated rings. The largest absolute Gasteiger partial charge is 0.405 e. The molecule has 1 atom stereocenters.